The van der Waals surface area contributed by atoms with E-state index in [0.29, 0.717) is 5.92 Å². The largest absolute Gasteiger partial charge is 0.396 e. The minimum absolute atomic E-state index is 0.0401. The van der Waals surface area contributed by atoms with Crippen LogP contribution in [0, 0.1) is 16.7 Å². The van der Waals surface area contributed by atoms with Crippen molar-refractivity contribution in [2.24, 2.45) is 22.5 Å². The smallest absolute Gasteiger partial charge is 0.223 e. The lowest BCUT2D eigenvalue weighted by Gasteiger charge is -2.65. The summed E-state index contributed by atoms with van der Waals surface area (Å²) in [6.45, 7) is 0.188. The molecule has 0 aromatic heterocycles. The first-order valence-electron chi connectivity index (χ1n) is 7.98. The number of benzene rings is 1. The zero-order valence-electron chi connectivity index (χ0n) is 12.3. The topological polar surface area (TPSA) is 63.3 Å². The summed E-state index contributed by atoms with van der Waals surface area (Å²) in [5, 5.41) is 10.0. The highest BCUT2D eigenvalue weighted by Gasteiger charge is 2.65. The van der Waals surface area contributed by atoms with E-state index >= 15 is 0 Å². The standard InChI is InChI=1S/C18H23NO2/c19-15(21)18-8-13-6-16(10-18,12-20)9-17(7-13,11-18)14-4-2-1-3-5-14/h1-5,13,20H,6-12H2,(H2,19,21). The molecule has 3 N–H and O–H groups in total. The van der Waals surface area contributed by atoms with Gasteiger partial charge in [0.05, 0.1) is 5.41 Å². The number of amides is 1. The highest BCUT2D eigenvalue weighted by atomic mass is 16.3. The molecule has 4 saturated carbocycles. The summed E-state index contributed by atoms with van der Waals surface area (Å²) in [7, 11) is 0. The Labute approximate surface area is 125 Å². The quantitative estimate of drug-likeness (QED) is 0.895. The Morgan fingerprint density at radius 2 is 1.90 bits per heavy atom. The molecule has 3 heteroatoms. The second kappa shape index (κ2) is 4.10. The fourth-order valence-electron chi connectivity index (χ4n) is 6.20. The van der Waals surface area contributed by atoms with Crippen LogP contribution in [0.4, 0.5) is 0 Å². The van der Waals surface area contributed by atoms with Crippen LogP contribution in [0.25, 0.3) is 0 Å². The van der Waals surface area contributed by atoms with Gasteiger partial charge in [-0.25, -0.2) is 0 Å². The molecule has 5 rings (SSSR count). The molecule has 4 atom stereocenters. The van der Waals surface area contributed by atoms with E-state index in [0.717, 1.165) is 38.5 Å². The fraction of sp³-hybridized carbons (Fsp3) is 0.611. The van der Waals surface area contributed by atoms with Crippen molar-refractivity contribution < 1.29 is 9.90 Å². The van der Waals surface area contributed by atoms with Gasteiger partial charge < -0.3 is 10.8 Å². The van der Waals surface area contributed by atoms with Crippen molar-refractivity contribution in [3.63, 3.8) is 0 Å². The van der Waals surface area contributed by atoms with E-state index in [-0.39, 0.29) is 23.3 Å². The average molecular weight is 285 g/mol. The minimum Gasteiger partial charge on any atom is -0.396 e. The Kier molecular flexibility index (Phi) is 2.60. The van der Waals surface area contributed by atoms with Crippen LogP contribution in [-0.4, -0.2) is 17.6 Å². The predicted octanol–water partition coefficient (Wildman–Crippen LogP) is 2.37. The van der Waals surface area contributed by atoms with Crippen molar-refractivity contribution >= 4 is 5.91 Å². The summed E-state index contributed by atoms with van der Waals surface area (Å²) >= 11 is 0. The van der Waals surface area contributed by atoms with E-state index in [4.69, 9.17) is 5.73 Å². The van der Waals surface area contributed by atoms with Gasteiger partial charge in [0.2, 0.25) is 5.91 Å². The van der Waals surface area contributed by atoms with Crippen LogP contribution in [0.1, 0.15) is 44.1 Å². The monoisotopic (exact) mass is 285 g/mol. The SMILES string of the molecule is NC(=O)C12CC3CC(CO)(C1)CC(c1ccccc1)(C3)C2. The second-order valence-electron chi connectivity index (χ2n) is 7.96. The van der Waals surface area contributed by atoms with Gasteiger partial charge in [0.15, 0.2) is 0 Å². The first-order valence-corrected chi connectivity index (χ1v) is 7.98. The van der Waals surface area contributed by atoms with Gasteiger partial charge in [-0.1, -0.05) is 30.3 Å². The van der Waals surface area contributed by atoms with Crippen LogP contribution in [0.15, 0.2) is 30.3 Å². The summed E-state index contributed by atoms with van der Waals surface area (Å²) in [5.41, 5.74) is 6.71. The van der Waals surface area contributed by atoms with Crippen molar-refractivity contribution in [3.8, 4) is 0 Å². The van der Waals surface area contributed by atoms with Gasteiger partial charge in [0.1, 0.15) is 0 Å². The number of primary amides is 1. The third kappa shape index (κ3) is 1.73. The van der Waals surface area contributed by atoms with Gasteiger partial charge in [-0.15, -0.1) is 0 Å². The highest BCUT2D eigenvalue weighted by Crippen LogP contribution is 2.69. The molecule has 4 fully saturated rings. The van der Waals surface area contributed by atoms with E-state index in [1.165, 1.54) is 5.56 Å². The third-order valence-corrected chi connectivity index (χ3v) is 6.43. The molecule has 4 aliphatic rings. The maximum absolute atomic E-state index is 12.2. The highest BCUT2D eigenvalue weighted by molar-refractivity contribution is 5.82. The number of carbonyl (C=O) groups excluding carboxylic acids is 1. The van der Waals surface area contributed by atoms with Crippen molar-refractivity contribution in [2.75, 3.05) is 6.61 Å². The number of hydrogen-bond donors (Lipinski definition) is 2. The normalized spacial score (nSPS) is 44.0. The van der Waals surface area contributed by atoms with Crippen LogP contribution in [0.5, 0.6) is 0 Å². The number of rotatable bonds is 3. The average Bonchev–Trinajstić information content (AvgIpc) is 2.47. The molecular formula is C18H23NO2. The van der Waals surface area contributed by atoms with Crippen molar-refractivity contribution in [1.82, 2.24) is 0 Å². The van der Waals surface area contributed by atoms with E-state index in [1.54, 1.807) is 0 Å². The maximum Gasteiger partial charge on any atom is 0.223 e. The van der Waals surface area contributed by atoms with Crippen LogP contribution in [0.3, 0.4) is 0 Å². The first kappa shape index (κ1) is 13.3. The van der Waals surface area contributed by atoms with Gasteiger partial charge in [0, 0.05) is 6.61 Å². The Morgan fingerprint density at radius 1 is 1.14 bits per heavy atom. The molecule has 1 aromatic rings. The van der Waals surface area contributed by atoms with Crippen molar-refractivity contribution in [2.45, 2.75) is 43.9 Å². The Morgan fingerprint density at radius 3 is 2.57 bits per heavy atom. The van der Waals surface area contributed by atoms with Gasteiger partial charge in [-0.2, -0.15) is 0 Å². The lowest BCUT2D eigenvalue weighted by atomic mass is 9.38. The van der Waals surface area contributed by atoms with Crippen LogP contribution >= 0.6 is 0 Å². The first-order chi connectivity index (χ1) is 10.0. The molecule has 0 saturated heterocycles. The van der Waals surface area contributed by atoms with E-state index in [1.807, 2.05) is 6.07 Å². The lowest BCUT2D eigenvalue weighted by molar-refractivity contribution is -0.165. The predicted molar refractivity (Wildman–Crippen MR) is 80.5 cm³/mol. The van der Waals surface area contributed by atoms with Crippen LogP contribution < -0.4 is 5.73 Å². The zero-order chi connectivity index (χ0) is 14.7. The molecule has 4 bridgehead atoms. The summed E-state index contributed by atoms with van der Waals surface area (Å²) in [6.07, 6.45) is 5.81. The van der Waals surface area contributed by atoms with Crippen LogP contribution in [-0.2, 0) is 10.2 Å². The minimum atomic E-state index is -0.391. The summed E-state index contributed by atoms with van der Waals surface area (Å²) in [5.74, 6) is 0.380. The molecule has 0 heterocycles. The molecule has 0 spiro atoms. The fourth-order valence-corrected chi connectivity index (χ4v) is 6.20. The number of nitrogens with two attached hydrogens (primary N) is 1. The zero-order valence-corrected chi connectivity index (χ0v) is 12.3. The molecule has 21 heavy (non-hydrogen) atoms. The molecule has 1 amide bonds. The number of aliphatic hydroxyl groups is 1. The number of carbonyl (C=O) groups is 1. The van der Waals surface area contributed by atoms with Crippen molar-refractivity contribution in [3.05, 3.63) is 35.9 Å². The summed E-state index contributed by atoms with van der Waals surface area (Å²) in [6, 6.07) is 10.6. The maximum atomic E-state index is 12.2. The van der Waals surface area contributed by atoms with E-state index in [2.05, 4.69) is 24.3 Å². The third-order valence-electron chi connectivity index (χ3n) is 6.43. The number of hydrogen-bond acceptors (Lipinski definition) is 2. The molecule has 1 aromatic carbocycles. The Bertz CT molecular complexity index is 586. The molecular weight excluding hydrogens is 262 g/mol. The lowest BCUT2D eigenvalue weighted by Crippen LogP contribution is -2.63. The van der Waals surface area contributed by atoms with E-state index < -0.39 is 5.41 Å². The molecule has 112 valence electrons. The summed E-state index contributed by atoms with van der Waals surface area (Å²) < 4.78 is 0. The second-order valence-corrected chi connectivity index (χ2v) is 7.96. The molecule has 3 nitrogen and oxygen atoms in total. The molecule has 0 aliphatic heterocycles. The molecule has 4 unspecified atom stereocenters. The number of aliphatic hydroxyl groups excluding tert-OH is 1. The van der Waals surface area contributed by atoms with Crippen LogP contribution in [0.2, 0.25) is 0 Å². The Balaban J connectivity index is 1.85. The van der Waals surface area contributed by atoms with Gasteiger partial charge in [-0.3, -0.25) is 4.79 Å². The van der Waals surface area contributed by atoms with Gasteiger partial charge in [0.25, 0.3) is 0 Å². The van der Waals surface area contributed by atoms with E-state index in [9.17, 15) is 9.90 Å². The van der Waals surface area contributed by atoms with Gasteiger partial charge in [-0.05, 0) is 60.8 Å². The Hall–Kier alpha value is -1.35. The molecule has 4 aliphatic carbocycles. The molecule has 0 radical (unpaired) electrons. The van der Waals surface area contributed by atoms with Gasteiger partial charge >= 0.3 is 0 Å². The summed E-state index contributed by atoms with van der Waals surface area (Å²) in [4.78, 5) is 12.2. The van der Waals surface area contributed by atoms with Crippen molar-refractivity contribution in [1.29, 1.82) is 0 Å².